The number of rotatable bonds is 3. The van der Waals surface area contributed by atoms with Crippen molar-refractivity contribution in [2.45, 2.75) is 0 Å². The van der Waals surface area contributed by atoms with Crippen LogP contribution >= 0.6 is 15.9 Å². The van der Waals surface area contributed by atoms with Gasteiger partial charge in [0.05, 0.1) is 5.56 Å². The maximum absolute atomic E-state index is 11.0. The minimum atomic E-state index is -0.971. The quantitative estimate of drug-likeness (QED) is 0.738. The number of aromatic nitrogens is 1. The standard InChI is InChI=1S/C16H11BrN2O2/c17-13-5-6-14(12-4-2-1-3-11(12)13)19-15-9-10(16(20)21)7-8-18-15/h1-9H,(H,18,19)(H,20,21). The average molecular weight is 343 g/mol. The largest absolute Gasteiger partial charge is 0.478 e. The summed E-state index contributed by atoms with van der Waals surface area (Å²) in [5.41, 5.74) is 1.08. The Morgan fingerprint density at radius 1 is 1.10 bits per heavy atom. The van der Waals surface area contributed by atoms with E-state index in [2.05, 4.69) is 26.2 Å². The topological polar surface area (TPSA) is 62.2 Å². The molecule has 1 heterocycles. The van der Waals surface area contributed by atoms with Gasteiger partial charge in [-0.2, -0.15) is 0 Å². The molecule has 0 atom stereocenters. The van der Waals surface area contributed by atoms with Crippen molar-refractivity contribution in [1.82, 2.24) is 4.98 Å². The number of carboxylic acid groups (broad SMARTS) is 1. The highest BCUT2D eigenvalue weighted by atomic mass is 79.9. The van der Waals surface area contributed by atoms with Crippen LogP contribution in [0.25, 0.3) is 10.8 Å². The van der Waals surface area contributed by atoms with Gasteiger partial charge in [-0.3, -0.25) is 0 Å². The molecule has 0 amide bonds. The summed E-state index contributed by atoms with van der Waals surface area (Å²) in [7, 11) is 0. The first kappa shape index (κ1) is 13.6. The highest BCUT2D eigenvalue weighted by molar-refractivity contribution is 9.10. The second-order valence-electron chi connectivity index (χ2n) is 4.50. The second kappa shape index (κ2) is 5.54. The minimum Gasteiger partial charge on any atom is -0.478 e. The Hall–Kier alpha value is -2.40. The molecule has 3 aromatic rings. The number of pyridine rings is 1. The van der Waals surface area contributed by atoms with Gasteiger partial charge in [-0.05, 0) is 29.7 Å². The van der Waals surface area contributed by atoms with E-state index in [0.717, 1.165) is 20.9 Å². The van der Waals surface area contributed by atoms with Gasteiger partial charge in [-0.25, -0.2) is 9.78 Å². The minimum absolute atomic E-state index is 0.203. The van der Waals surface area contributed by atoms with Gasteiger partial charge >= 0.3 is 5.97 Å². The van der Waals surface area contributed by atoms with Crippen LogP contribution in [0, 0.1) is 0 Å². The lowest BCUT2D eigenvalue weighted by Gasteiger charge is -2.10. The van der Waals surface area contributed by atoms with Crippen LogP contribution in [-0.2, 0) is 0 Å². The summed E-state index contributed by atoms with van der Waals surface area (Å²) in [6.45, 7) is 0. The van der Waals surface area contributed by atoms with E-state index in [-0.39, 0.29) is 5.56 Å². The molecular formula is C16H11BrN2O2. The zero-order valence-corrected chi connectivity index (χ0v) is 12.5. The first-order chi connectivity index (χ1) is 10.1. The van der Waals surface area contributed by atoms with E-state index >= 15 is 0 Å². The van der Waals surface area contributed by atoms with E-state index < -0.39 is 5.97 Å². The molecular weight excluding hydrogens is 332 g/mol. The van der Waals surface area contributed by atoms with Crippen molar-refractivity contribution in [2.75, 3.05) is 5.32 Å². The van der Waals surface area contributed by atoms with Gasteiger partial charge in [0.2, 0.25) is 0 Å². The van der Waals surface area contributed by atoms with Gasteiger partial charge in [-0.15, -0.1) is 0 Å². The van der Waals surface area contributed by atoms with Crippen LogP contribution in [0.15, 0.2) is 59.2 Å². The number of fused-ring (bicyclic) bond motifs is 1. The molecule has 0 fully saturated rings. The summed E-state index contributed by atoms with van der Waals surface area (Å²) in [4.78, 5) is 15.2. The molecule has 5 heteroatoms. The van der Waals surface area contributed by atoms with Crippen LogP contribution < -0.4 is 5.32 Å². The predicted molar refractivity (Wildman–Crippen MR) is 86.1 cm³/mol. The zero-order valence-electron chi connectivity index (χ0n) is 10.9. The predicted octanol–water partition coefficient (Wildman–Crippen LogP) is 4.44. The number of nitrogens with zero attached hydrogens (tertiary/aromatic N) is 1. The first-order valence-corrected chi connectivity index (χ1v) is 7.08. The molecule has 0 bridgehead atoms. The van der Waals surface area contributed by atoms with Crippen LogP contribution in [0.5, 0.6) is 0 Å². The van der Waals surface area contributed by atoms with E-state index in [1.807, 2.05) is 36.4 Å². The molecule has 21 heavy (non-hydrogen) atoms. The lowest BCUT2D eigenvalue weighted by atomic mass is 10.1. The Kier molecular flexibility index (Phi) is 3.58. The highest BCUT2D eigenvalue weighted by Crippen LogP contribution is 2.31. The maximum Gasteiger partial charge on any atom is 0.335 e. The maximum atomic E-state index is 11.0. The zero-order chi connectivity index (χ0) is 14.8. The molecule has 2 aromatic carbocycles. The number of anilines is 2. The van der Waals surface area contributed by atoms with Crippen LogP contribution in [0.3, 0.4) is 0 Å². The van der Waals surface area contributed by atoms with E-state index in [1.165, 1.54) is 18.3 Å². The summed E-state index contributed by atoms with van der Waals surface area (Å²) in [6.07, 6.45) is 1.48. The van der Waals surface area contributed by atoms with E-state index in [4.69, 9.17) is 5.11 Å². The van der Waals surface area contributed by atoms with Crippen molar-refractivity contribution in [3.8, 4) is 0 Å². The Labute approximate surface area is 129 Å². The average Bonchev–Trinajstić information content (AvgIpc) is 2.51. The summed E-state index contributed by atoms with van der Waals surface area (Å²) in [5.74, 6) is -0.469. The fraction of sp³-hybridized carbons (Fsp3) is 0. The van der Waals surface area contributed by atoms with Crippen molar-refractivity contribution in [2.24, 2.45) is 0 Å². The number of benzene rings is 2. The Morgan fingerprint density at radius 3 is 2.62 bits per heavy atom. The number of carboxylic acids is 1. The van der Waals surface area contributed by atoms with Crippen molar-refractivity contribution in [1.29, 1.82) is 0 Å². The molecule has 0 aliphatic rings. The molecule has 2 N–H and O–H groups in total. The Morgan fingerprint density at radius 2 is 1.86 bits per heavy atom. The third-order valence-corrected chi connectivity index (χ3v) is 3.83. The number of hydrogen-bond donors (Lipinski definition) is 2. The first-order valence-electron chi connectivity index (χ1n) is 6.29. The summed E-state index contributed by atoms with van der Waals surface area (Å²) < 4.78 is 1.01. The third kappa shape index (κ3) is 2.73. The van der Waals surface area contributed by atoms with Crippen LogP contribution in [0.1, 0.15) is 10.4 Å². The molecule has 0 spiro atoms. The molecule has 104 valence electrons. The second-order valence-corrected chi connectivity index (χ2v) is 5.35. The molecule has 0 aliphatic carbocycles. The van der Waals surface area contributed by atoms with Gasteiger partial charge in [-0.1, -0.05) is 40.2 Å². The number of carbonyl (C=O) groups is 1. The van der Waals surface area contributed by atoms with Crippen LogP contribution in [-0.4, -0.2) is 16.1 Å². The van der Waals surface area contributed by atoms with Crippen molar-refractivity contribution < 1.29 is 9.90 Å². The fourth-order valence-corrected chi connectivity index (χ4v) is 2.62. The summed E-state index contributed by atoms with van der Waals surface area (Å²) >= 11 is 3.53. The molecule has 0 saturated heterocycles. The van der Waals surface area contributed by atoms with Gasteiger partial charge in [0.1, 0.15) is 5.82 Å². The third-order valence-electron chi connectivity index (χ3n) is 3.14. The molecule has 0 saturated carbocycles. The number of aromatic carboxylic acids is 1. The molecule has 3 rings (SSSR count). The van der Waals surface area contributed by atoms with E-state index in [0.29, 0.717) is 5.82 Å². The van der Waals surface area contributed by atoms with Gasteiger partial charge in [0.15, 0.2) is 0 Å². The van der Waals surface area contributed by atoms with Gasteiger partial charge in [0, 0.05) is 21.7 Å². The lowest BCUT2D eigenvalue weighted by Crippen LogP contribution is -2.00. The smallest absolute Gasteiger partial charge is 0.335 e. The Bertz CT molecular complexity index is 833. The molecule has 0 aliphatic heterocycles. The monoisotopic (exact) mass is 342 g/mol. The normalized spacial score (nSPS) is 10.5. The number of nitrogens with one attached hydrogen (secondary N) is 1. The van der Waals surface area contributed by atoms with Crippen molar-refractivity contribution >= 4 is 44.2 Å². The SMILES string of the molecule is O=C(O)c1ccnc(Nc2ccc(Br)c3ccccc23)c1. The van der Waals surface area contributed by atoms with Gasteiger partial charge < -0.3 is 10.4 Å². The molecule has 0 radical (unpaired) electrons. The summed E-state index contributed by atoms with van der Waals surface area (Å²) in [5, 5.41) is 14.3. The fourth-order valence-electron chi connectivity index (χ4n) is 2.14. The highest BCUT2D eigenvalue weighted by Gasteiger charge is 2.07. The lowest BCUT2D eigenvalue weighted by molar-refractivity contribution is 0.0697. The number of halogens is 1. The van der Waals surface area contributed by atoms with E-state index in [1.54, 1.807) is 0 Å². The van der Waals surface area contributed by atoms with Crippen LogP contribution in [0.4, 0.5) is 11.5 Å². The molecule has 1 aromatic heterocycles. The van der Waals surface area contributed by atoms with E-state index in [9.17, 15) is 4.79 Å². The van der Waals surface area contributed by atoms with Crippen LogP contribution in [0.2, 0.25) is 0 Å². The number of hydrogen-bond acceptors (Lipinski definition) is 3. The van der Waals surface area contributed by atoms with Crippen molar-refractivity contribution in [3.05, 3.63) is 64.8 Å². The Balaban J connectivity index is 2.04. The molecule has 0 unspecified atom stereocenters. The van der Waals surface area contributed by atoms with Crippen molar-refractivity contribution in [3.63, 3.8) is 0 Å². The van der Waals surface area contributed by atoms with Gasteiger partial charge in [0.25, 0.3) is 0 Å². The summed E-state index contributed by atoms with van der Waals surface area (Å²) in [6, 6.07) is 14.8. The molecule has 4 nitrogen and oxygen atoms in total.